The average molecular weight is 451 g/mol. The highest BCUT2D eigenvalue weighted by atomic mass is 32.1. The van der Waals surface area contributed by atoms with Crippen LogP contribution in [-0.4, -0.2) is 34.8 Å². The zero-order valence-corrected chi connectivity index (χ0v) is 17.2. The zero-order valence-electron chi connectivity index (χ0n) is 16.3. The molecule has 0 aliphatic heterocycles. The SMILES string of the molecule is Cc1cc(C(F)F)nc2sc3c(ncn4nc(-c5cc(-c6ccc(F)cc6)n[nH]5)nc34)c12. The van der Waals surface area contributed by atoms with Crippen LogP contribution >= 0.6 is 11.3 Å². The van der Waals surface area contributed by atoms with Crippen LogP contribution in [0.25, 0.3) is 48.9 Å². The lowest BCUT2D eigenvalue weighted by Gasteiger charge is -2.01. The Bertz CT molecular complexity index is 1630. The van der Waals surface area contributed by atoms with E-state index >= 15 is 0 Å². The van der Waals surface area contributed by atoms with Gasteiger partial charge in [-0.2, -0.15) is 5.10 Å². The number of halogens is 3. The minimum Gasteiger partial charge on any atom is -0.274 e. The molecule has 0 unspecified atom stereocenters. The largest absolute Gasteiger partial charge is 0.280 e. The first-order chi connectivity index (χ1) is 15.5. The standard InChI is InChI=1S/C21H12F3N7S/c1-9-6-13(18(23)24)26-21-15(9)16-17(32-21)20-27-19(30-31(20)8-25-16)14-7-12(28-29-14)10-2-4-11(22)5-3-10/h2-8,18H,1H3,(H,28,29). The Morgan fingerprint density at radius 2 is 1.91 bits per heavy atom. The van der Waals surface area contributed by atoms with Crippen molar-refractivity contribution in [2.75, 3.05) is 0 Å². The van der Waals surface area contributed by atoms with Gasteiger partial charge >= 0.3 is 0 Å². The van der Waals surface area contributed by atoms with E-state index in [1.54, 1.807) is 25.1 Å². The number of aromatic nitrogens is 7. The Kier molecular flexibility index (Phi) is 4.02. The summed E-state index contributed by atoms with van der Waals surface area (Å²) in [7, 11) is 0. The fraction of sp³-hybridized carbons (Fsp3) is 0.0952. The molecule has 5 heterocycles. The monoisotopic (exact) mass is 451 g/mol. The summed E-state index contributed by atoms with van der Waals surface area (Å²) in [6, 6.07) is 9.18. The molecule has 0 saturated heterocycles. The average Bonchev–Trinajstić information content (AvgIpc) is 3.49. The first-order valence-electron chi connectivity index (χ1n) is 9.53. The first-order valence-corrected chi connectivity index (χ1v) is 10.3. The van der Waals surface area contributed by atoms with Gasteiger partial charge in [0, 0.05) is 10.9 Å². The van der Waals surface area contributed by atoms with Crippen LogP contribution in [0, 0.1) is 12.7 Å². The van der Waals surface area contributed by atoms with E-state index in [0.29, 0.717) is 43.5 Å². The second-order valence-electron chi connectivity index (χ2n) is 7.25. The van der Waals surface area contributed by atoms with Gasteiger partial charge < -0.3 is 0 Å². The van der Waals surface area contributed by atoms with E-state index in [-0.39, 0.29) is 11.5 Å². The molecule has 0 aliphatic carbocycles. The fourth-order valence-corrected chi connectivity index (χ4v) is 4.85. The summed E-state index contributed by atoms with van der Waals surface area (Å²) in [5, 5.41) is 12.4. The Hall–Kier alpha value is -3.86. The van der Waals surface area contributed by atoms with E-state index in [9.17, 15) is 13.2 Å². The number of thiophene rings is 1. The number of hydrogen-bond donors (Lipinski definition) is 1. The topological polar surface area (TPSA) is 84.6 Å². The third kappa shape index (κ3) is 2.85. The molecule has 6 aromatic rings. The minimum atomic E-state index is -2.65. The molecule has 0 aliphatic rings. The van der Waals surface area contributed by atoms with Crippen LogP contribution in [0.5, 0.6) is 0 Å². The minimum absolute atomic E-state index is 0.259. The van der Waals surface area contributed by atoms with Gasteiger partial charge in [0.2, 0.25) is 0 Å². The van der Waals surface area contributed by atoms with Crippen molar-refractivity contribution in [1.29, 1.82) is 0 Å². The number of nitrogens with zero attached hydrogens (tertiary/aromatic N) is 6. The highest BCUT2D eigenvalue weighted by Gasteiger charge is 2.20. The van der Waals surface area contributed by atoms with E-state index in [1.807, 2.05) is 0 Å². The van der Waals surface area contributed by atoms with Gasteiger partial charge in [-0.3, -0.25) is 5.10 Å². The molecule has 158 valence electrons. The number of aromatic amines is 1. The first kappa shape index (κ1) is 18.9. The smallest absolute Gasteiger partial charge is 0.274 e. The molecule has 6 rings (SSSR count). The second-order valence-corrected chi connectivity index (χ2v) is 8.25. The van der Waals surface area contributed by atoms with Crippen LogP contribution in [0.4, 0.5) is 13.2 Å². The lowest BCUT2D eigenvalue weighted by Crippen LogP contribution is -1.92. The number of rotatable bonds is 3. The van der Waals surface area contributed by atoms with Gasteiger partial charge in [-0.25, -0.2) is 32.6 Å². The summed E-state index contributed by atoms with van der Waals surface area (Å²) in [6.45, 7) is 1.77. The van der Waals surface area contributed by atoms with Crippen molar-refractivity contribution in [2.24, 2.45) is 0 Å². The number of alkyl halides is 2. The normalized spacial score (nSPS) is 12.0. The summed E-state index contributed by atoms with van der Waals surface area (Å²) < 4.78 is 41.8. The quantitative estimate of drug-likeness (QED) is 0.393. The van der Waals surface area contributed by atoms with Gasteiger partial charge in [-0.1, -0.05) is 0 Å². The number of nitrogens with one attached hydrogen (secondary N) is 1. The van der Waals surface area contributed by atoms with E-state index in [2.05, 4.69) is 30.2 Å². The summed E-state index contributed by atoms with van der Waals surface area (Å²) in [4.78, 5) is 13.7. The van der Waals surface area contributed by atoms with Crippen molar-refractivity contribution in [2.45, 2.75) is 13.3 Å². The van der Waals surface area contributed by atoms with Gasteiger partial charge in [-0.15, -0.1) is 16.4 Å². The number of hydrogen-bond acceptors (Lipinski definition) is 6. The van der Waals surface area contributed by atoms with Crippen molar-refractivity contribution in [3.05, 3.63) is 59.8 Å². The molecule has 0 fully saturated rings. The zero-order chi connectivity index (χ0) is 22.0. The third-order valence-electron chi connectivity index (χ3n) is 5.17. The summed E-state index contributed by atoms with van der Waals surface area (Å²) in [5.74, 6) is 0.0762. The van der Waals surface area contributed by atoms with Crippen LogP contribution in [0.3, 0.4) is 0 Å². The molecular weight excluding hydrogens is 439 g/mol. The Labute approximate surface area is 181 Å². The van der Waals surface area contributed by atoms with Crippen LogP contribution in [0.2, 0.25) is 0 Å². The molecular formula is C21H12F3N7S. The molecule has 0 radical (unpaired) electrons. The fourth-order valence-electron chi connectivity index (χ4n) is 3.66. The molecule has 11 heteroatoms. The van der Waals surface area contributed by atoms with Crippen LogP contribution in [0.15, 0.2) is 42.7 Å². The molecule has 1 N–H and O–H groups in total. The van der Waals surface area contributed by atoms with Crippen molar-refractivity contribution in [1.82, 2.24) is 34.8 Å². The predicted molar refractivity (Wildman–Crippen MR) is 114 cm³/mol. The lowest BCUT2D eigenvalue weighted by molar-refractivity contribution is 0.146. The summed E-state index contributed by atoms with van der Waals surface area (Å²) in [5.41, 5.74) is 3.58. The molecule has 0 saturated carbocycles. The number of aryl methyl sites for hydroxylation is 1. The summed E-state index contributed by atoms with van der Waals surface area (Å²) in [6.07, 6.45) is -1.11. The molecule has 0 bridgehead atoms. The summed E-state index contributed by atoms with van der Waals surface area (Å²) >= 11 is 1.26. The number of H-pyrrole nitrogens is 1. The van der Waals surface area contributed by atoms with E-state index in [1.165, 1.54) is 40.4 Å². The van der Waals surface area contributed by atoms with Gasteiger partial charge in [0.05, 0.1) is 11.2 Å². The van der Waals surface area contributed by atoms with Crippen molar-refractivity contribution < 1.29 is 13.2 Å². The van der Waals surface area contributed by atoms with Gasteiger partial charge in [0.15, 0.2) is 11.5 Å². The van der Waals surface area contributed by atoms with Gasteiger partial charge in [0.25, 0.3) is 6.43 Å². The Morgan fingerprint density at radius 3 is 2.69 bits per heavy atom. The molecule has 0 spiro atoms. The molecule has 1 aromatic carbocycles. The van der Waals surface area contributed by atoms with E-state index in [4.69, 9.17) is 0 Å². The molecule has 5 aromatic heterocycles. The highest BCUT2D eigenvalue weighted by Crippen LogP contribution is 2.37. The number of pyridine rings is 1. The molecule has 7 nitrogen and oxygen atoms in total. The third-order valence-corrected chi connectivity index (χ3v) is 6.24. The maximum Gasteiger partial charge on any atom is 0.280 e. The van der Waals surface area contributed by atoms with Crippen LogP contribution < -0.4 is 0 Å². The number of benzene rings is 1. The molecule has 0 amide bonds. The molecule has 32 heavy (non-hydrogen) atoms. The van der Waals surface area contributed by atoms with Crippen LogP contribution in [-0.2, 0) is 0 Å². The second kappa shape index (κ2) is 6.82. The maximum atomic E-state index is 13.2. The van der Waals surface area contributed by atoms with Crippen LogP contribution in [0.1, 0.15) is 17.7 Å². The predicted octanol–water partition coefficient (Wildman–Crippen LogP) is 5.33. The molecule has 0 atom stereocenters. The van der Waals surface area contributed by atoms with Crippen molar-refractivity contribution in [3.63, 3.8) is 0 Å². The lowest BCUT2D eigenvalue weighted by atomic mass is 10.1. The maximum absolute atomic E-state index is 13.2. The highest BCUT2D eigenvalue weighted by molar-refractivity contribution is 7.26. The Morgan fingerprint density at radius 1 is 1.09 bits per heavy atom. The van der Waals surface area contributed by atoms with Crippen molar-refractivity contribution >= 4 is 37.4 Å². The Balaban J connectivity index is 1.49. The van der Waals surface area contributed by atoms with Gasteiger partial charge in [0.1, 0.15) is 33.1 Å². The van der Waals surface area contributed by atoms with E-state index in [0.717, 1.165) is 10.9 Å². The van der Waals surface area contributed by atoms with Gasteiger partial charge in [-0.05, 0) is 48.9 Å². The van der Waals surface area contributed by atoms with Crippen molar-refractivity contribution in [3.8, 4) is 22.8 Å². The van der Waals surface area contributed by atoms with E-state index < -0.39 is 6.43 Å². The number of fused-ring (bicyclic) bond motifs is 5.